The van der Waals surface area contributed by atoms with Crippen LogP contribution in [0.5, 0.6) is 0 Å². The Morgan fingerprint density at radius 3 is 3.00 bits per heavy atom. The third-order valence-corrected chi connectivity index (χ3v) is 2.30. The first kappa shape index (κ1) is 9.00. The van der Waals surface area contributed by atoms with E-state index < -0.39 is 0 Å². The smallest absolute Gasteiger partial charge is 0.162 e. The molecule has 0 saturated carbocycles. The summed E-state index contributed by atoms with van der Waals surface area (Å²) >= 11 is 0. The van der Waals surface area contributed by atoms with Crippen molar-refractivity contribution in [3.05, 3.63) is 47.7 Å². The van der Waals surface area contributed by atoms with Gasteiger partial charge in [-0.1, -0.05) is 29.8 Å². The van der Waals surface area contributed by atoms with Crippen molar-refractivity contribution < 1.29 is 9.53 Å². The molecule has 0 amide bonds. The second kappa shape index (κ2) is 3.66. The van der Waals surface area contributed by atoms with Crippen molar-refractivity contribution in [3.63, 3.8) is 0 Å². The fourth-order valence-corrected chi connectivity index (χ4v) is 1.58. The van der Waals surface area contributed by atoms with Crippen LogP contribution in [0.2, 0.25) is 0 Å². The van der Waals surface area contributed by atoms with Crippen LogP contribution in [0.4, 0.5) is 0 Å². The van der Waals surface area contributed by atoms with Gasteiger partial charge in [0.2, 0.25) is 0 Å². The summed E-state index contributed by atoms with van der Waals surface area (Å²) in [6.07, 6.45) is 3.30. The summed E-state index contributed by atoms with van der Waals surface area (Å²) in [7, 11) is 0. The molecular formula is C12H12O2. The second-order valence-corrected chi connectivity index (χ2v) is 3.51. The van der Waals surface area contributed by atoms with E-state index >= 15 is 0 Å². The van der Waals surface area contributed by atoms with Gasteiger partial charge in [0.15, 0.2) is 5.78 Å². The van der Waals surface area contributed by atoms with Crippen molar-refractivity contribution in [2.75, 3.05) is 0 Å². The van der Waals surface area contributed by atoms with Gasteiger partial charge in [-0.3, -0.25) is 4.79 Å². The monoisotopic (exact) mass is 188 g/mol. The summed E-state index contributed by atoms with van der Waals surface area (Å²) in [5.41, 5.74) is 2.26. The lowest BCUT2D eigenvalue weighted by Gasteiger charge is -2.19. The zero-order valence-corrected chi connectivity index (χ0v) is 8.07. The standard InChI is InChI=1S/C12H12O2/c1-9-3-2-4-10(7-9)12-8-11(13)5-6-14-12/h2-7,12H,8H2,1H3. The molecule has 0 bridgehead atoms. The number of carbonyl (C=O) groups excluding carboxylic acids is 1. The molecule has 2 nitrogen and oxygen atoms in total. The van der Waals surface area contributed by atoms with Crippen molar-refractivity contribution in [3.8, 4) is 0 Å². The Morgan fingerprint density at radius 1 is 1.43 bits per heavy atom. The molecule has 0 aliphatic carbocycles. The van der Waals surface area contributed by atoms with E-state index in [0.29, 0.717) is 6.42 Å². The Labute approximate surface area is 83.2 Å². The molecule has 2 rings (SSSR count). The Bertz CT molecular complexity index is 380. The highest BCUT2D eigenvalue weighted by Gasteiger charge is 2.18. The molecule has 0 N–H and O–H groups in total. The van der Waals surface area contributed by atoms with Crippen LogP contribution in [0.3, 0.4) is 0 Å². The Kier molecular flexibility index (Phi) is 2.35. The molecular weight excluding hydrogens is 176 g/mol. The Morgan fingerprint density at radius 2 is 2.29 bits per heavy atom. The molecule has 1 aliphatic rings. The van der Waals surface area contributed by atoms with Gasteiger partial charge in [-0.25, -0.2) is 0 Å². The fraction of sp³-hybridized carbons (Fsp3) is 0.250. The van der Waals surface area contributed by atoms with Crippen molar-refractivity contribution in [2.45, 2.75) is 19.4 Å². The number of rotatable bonds is 1. The SMILES string of the molecule is Cc1cccc(C2CC(=O)C=CO2)c1. The number of benzene rings is 1. The number of hydrogen-bond donors (Lipinski definition) is 0. The summed E-state index contributed by atoms with van der Waals surface area (Å²) in [5, 5.41) is 0. The van der Waals surface area contributed by atoms with E-state index in [4.69, 9.17) is 4.74 Å². The molecule has 0 fully saturated rings. The van der Waals surface area contributed by atoms with Crippen molar-refractivity contribution in [1.29, 1.82) is 0 Å². The van der Waals surface area contributed by atoms with E-state index in [-0.39, 0.29) is 11.9 Å². The summed E-state index contributed by atoms with van der Waals surface area (Å²) in [6.45, 7) is 2.03. The normalized spacial score (nSPS) is 20.6. The minimum Gasteiger partial charge on any atom is -0.493 e. The molecule has 1 atom stereocenters. The summed E-state index contributed by atoms with van der Waals surface area (Å²) in [5.74, 6) is 0.128. The van der Waals surface area contributed by atoms with Crippen molar-refractivity contribution >= 4 is 5.78 Å². The minimum atomic E-state index is -0.104. The molecule has 0 spiro atoms. The largest absolute Gasteiger partial charge is 0.493 e. The van der Waals surface area contributed by atoms with E-state index in [1.165, 1.54) is 17.9 Å². The van der Waals surface area contributed by atoms with E-state index in [1.807, 2.05) is 25.1 Å². The average molecular weight is 188 g/mol. The molecule has 2 heteroatoms. The second-order valence-electron chi connectivity index (χ2n) is 3.51. The van der Waals surface area contributed by atoms with E-state index in [1.54, 1.807) is 0 Å². The zero-order valence-electron chi connectivity index (χ0n) is 8.07. The highest BCUT2D eigenvalue weighted by molar-refractivity contribution is 5.90. The quantitative estimate of drug-likeness (QED) is 0.677. The average Bonchev–Trinajstić information content (AvgIpc) is 2.18. The highest BCUT2D eigenvalue weighted by Crippen LogP contribution is 2.25. The van der Waals surface area contributed by atoms with Gasteiger partial charge < -0.3 is 4.74 Å². The minimum absolute atomic E-state index is 0.104. The maximum atomic E-state index is 11.2. The summed E-state index contributed by atoms with van der Waals surface area (Å²) in [4.78, 5) is 11.2. The van der Waals surface area contributed by atoms with E-state index in [0.717, 1.165) is 5.56 Å². The molecule has 1 aromatic rings. The molecule has 0 aromatic heterocycles. The van der Waals surface area contributed by atoms with Crippen LogP contribution in [-0.4, -0.2) is 5.78 Å². The van der Waals surface area contributed by atoms with Crippen LogP contribution in [0.15, 0.2) is 36.6 Å². The maximum Gasteiger partial charge on any atom is 0.162 e. The highest BCUT2D eigenvalue weighted by atomic mass is 16.5. The zero-order chi connectivity index (χ0) is 9.97. The Balaban J connectivity index is 2.23. The maximum absolute atomic E-state index is 11.2. The van der Waals surface area contributed by atoms with Crippen LogP contribution < -0.4 is 0 Å². The van der Waals surface area contributed by atoms with Gasteiger partial charge in [0.05, 0.1) is 12.7 Å². The first-order chi connectivity index (χ1) is 6.75. The van der Waals surface area contributed by atoms with Gasteiger partial charge in [0.25, 0.3) is 0 Å². The van der Waals surface area contributed by atoms with Crippen LogP contribution in [0.1, 0.15) is 23.7 Å². The van der Waals surface area contributed by atoms with Gasteiger partial charge in [-0.05, 0) is 12.5 Å². The predicted molar refractivity (Wildman–Crippen MR) is 53.8 cm³/mol. The van der Waals surface area contributed by atoms with Crippen LogP contribution in [0, 0.1) is 6.92 Å². The van der Waals surface area contributed by atoms with E-state index in [2.05, 4.69) is 6.07 Å². The first-order valence-electron chi connectivity index (χ1n) is 4.67. The predicted octanol–water partition coefficient (Wildman–Crippen LogP) is 2.54. The lowest BCUT2D eigenvalue weighted by Crippen LogP contribution is -2.11. The molecule has 1 aliphatic heterocycles. The van der Waals surface area contributed by atoms with Gasteiger partial charge in [-0.15, -0.1) is 0 Å². The van der Waals surface area contributed by atoms with E-state index in [9.17, 15) is 4.79 Å². The molecule has 0 radical (unpaired) electrons. The molecule has 14 heavy (non-hydrogen) atoms. The lowest BCUT2D eigenvalue weighted by molar-refractivity contribution is -0.118. The molecule has 1 unspecified atom stereocenters. The van der Waals surface area contributed by atoms with Crippen LogP contribution >= 0.6 is 0 Å². The molecule has 1 heterocycles. The third kappa shape index (κ3) is 1.84. The van der Waals surface area contributed by atoms with Crippen molar-refractivity contribution in [1.82, 2.24) is 0 Å². The van der Waals surface area contributed by atoms with Crippen LogP contribution in [0.25, 0.3) is 0 Å². The van der Waals surface area contributed by atoms with Crippen molar-refractivity contribution in [2.24, 2.45) is 0 Å². The molecule has 72 valence electrons. The number of aryl methyl sites for hydroxylation is 1. The lowest BCUT2D eigenvalue weighted by atomic mass is 10.0. The molecule has 0 saturated heterocycles. The van der Waals surface area contributed by atoms with Gasteiger partial charge in [0, 0.05) is 6.08 Å². The van der Waals surface area contributed by atoms with Gasteiger partial charge in [-0.2, -0.15) is 0 Å². The number of carbonyl (C=O) groups is 1. The van der Waals surface area contributed by atoms with Crippen LogP contribution in [-0.2, 0) is 9.53 Å². The number of ketones is 1. The fourth-order valence-electron chi connectivity index (χ4n) is 1.58. The number of allylic oxidation sites excluding steroid dienone is 1. The van der Waals surface area contributed by atoms with Gasteiger partial charge in [0.1, 0.15) is 6.10 Å². The molecule has 1 aromatic carbocycles. The summed E-state index contributed by atoms with van der Waals surface area (Å²) < 4.78 is 5.39. The first-order valence-corrected chi connectivity index (χ1v) is 4.67. The topological polar surface area (TPSA) is 26.3 Å². The third-order valence-electron chi connectivity index (χ3n) is 2.30. The van der Waals surface area contributed by atoms with Gasteiger partial charge >= 0.3 is 0 Å². The number of hydrogen-bond acceptors (Lipinski definition) is 2. The number of ether oxygens (including phenoxy) is 1. The Hall–Kier alpha value is -1.57. The summed E-state index contributed by atoms with van der Waals surface area (Å²) in [6, 6.07) is 8.06.